The van der Waals surface area contributed by atoms with Crippen LogP contribution in [0.2, 0.25) is 0 Å². The third-order valence-corrected chi connectivity index (χ3v) is 2.26. The molecule has 0 radical (unpaired) electrons. The highest BCUT2D eigenvalue weighted by atomic mass is 15.1. The highest BCUT2D eigenvalue weighted by Gasteiger charge is 2.08. The van der Waals surface area contributed by atoms with Crippen molar-refractivity contribution in [1.29, 1.82) is 0 Å². The maximum absolute atomic E-state index is 5.87. The maximum atomic E-state index is 5.87. The van der Waals surface area contributed by atoms with Crippen LogP contribution in [-0.2, 0) is 6.42 Å². The Morgan fingerprint density at radius 2 is 2.27 bits per heavy atom. The number of hydrogen-bond donors (Lipinski definition) is 1. The fourth-order valence-corrected chi connectivity index (χ4v) is 1.59. The van der Waals surface area contributed by atoms with Crippen LogP contribution in [0.5, 0.6) is 0 Å². The third-order valence-electron chi connectivity index (χ3n) is 2.26. The van der Waals surface area contributed by atoms with Crippen molar-refractivity contribution in [2.75, 3.05) is 5.73 Å². The molecular weight excluding hydrogens is 188 g/mol. The van der Waals surface area contributed by atoms with Crippen molar-refractivity contribution in [3.8, 4) is 5.82 Å². The molecule has 2 aromatic heterocycles. The largest absolute Gasteiger partial charge is 0.396 e. The Bertz CT molecular complexity index is 473. The summed E-state index contributed by atoms with van der Waals surface area (Å²) in [6, 6.07) is 3.67. The molecule has 2 rings (SSSR count). The van der Waals surface area contributed by atoms with E-state index in [0.29, 0.717) is 5.69 Å². The fraction of sp³-hybridized carbons (Fsp3) is 0.273. The second-order valence-electron chi connectivity index (χ2n) is 3.44. The van der Waals surface area contributed by atoms with Crippen LogP contribution in [-0.4, -0.2) is 14.5 Å². The van der Waals surface area contributed by atoms with E-state index >= 15 is 0 Å². The molecule has 4 heteroatoms. The molecule has 0 spiro atoms. The van der Waals surface area contributed by atoms with Crippen LogP contribution in [0, 0.1) is 6.92 Å². The molecule has 0 saturated heterocycles. The first-order chi connectivity index (χ1) is 7.22. The van der Waals surface area contributed by atoms with Gasteiger partial charge in [-0.05, 0) is 19.1 Å². The van der Waals surface area contributed by atoms with E-state index in [1.807, 2.05) is 29.8 Å². The molecule has 78 valence electrons. The van der Waals surface area contributed by atoms with Gasteiger partial charge in [0.15, 0.2) is 5.82 Å². The molecule has 0 bridgehead atoms. The number of nitrogens with two attached hydrogens (primary N) is 1. The summed E-state index contributed by atoms with van der Waals surface area (Å²) in [5, 5.41) is 0. The molecule has 0 amide bonds. The van der Waals surface area contributed by atoms with Gasteiger partial charge in [-0.3, -0.25) is 4.57 Å². The number of rotatable bonds is 2. The lowest BCUT2D eigenvalue weighted by Gasteiger charge is -2.07. The van der Waals surface area contributed by atoms with Gasteiger partial charge in [-0.15, -0.1) is 0 Å². The van der Waals surface area contributed by atoms with Crippen LogP contribution in [0.15, 0.2) is 24.5 Å². The number of hydrogen-bond acceptors (Lipinski definition) is 3. The minimum Gasteiger partial charge on any atom is -0.396 e. The van der Waals surface area contributed by atoms with Crippen LogP contribution in [0.3, 0.4) is 0 Å². The summed E-state index contributed by atoms with van der Waals surface area (Å²) >= 11 is 0. The number of anilines is 1. The van der Waals surface area contributed by atoms with Crippen molar-refractivity contribution in [2.24, 2.45) is 0 Å². The third kappa shape index (κ3) is 1.70. The molecule has 2 heterocycles. The van der Waals surface area contributed by atoms with E-state index < -0.39 is 0 Å². The monoisotopic (exact) mass is 202 g/mol. The smallest absolute Gasteiger partial charge is 0.161 e. The first-order valence-corrected chi connectivity index (χ1v) is 4.98. The molecule has 2 N–H and O–H groups in total. The number of nitrogens with zero attached hydrogens (tertiary/aromatic N) is 3. The van der Waals surface area contributed by atoms with Crippen molar-refractivity contribution in [3.05, 3.63) is 36.0 Å². The molecule has 0 aromatic carbocycles. The molecule has 0 unspecified atom stereocenters. The lowest BCUT2D eigenvalue weighted by Crippen LogP contribution is -2.04. The van der Waals surface area contributed by atoms with Crippen LogP contribution < -0.4 is 5.73 Å². The zero-order valence-corrected chi connectivity index (χ0v) is 8.94. The standard InChI is InChI=1S/C11H14N4/c1-3-10-14-8(2)7-15(10)11-9(12)5-4-6-13-11/h4-7H,3,12H2,1-2H3. The molecule has 0 fully saturated rings. The highest BCUT2D eigenvalue weighted by molar-refractivity contribution is 5.53. The van der Waals surface area contributed by atoms with Gasteiger partial charge in [0.1, 0.15) is 5.82 Å². The summed E-state index contributed by atoms with van der Waals surface area (Å²) in [6.07, 6.45) is 4.56. The Kier molecular flexibility index (Phi) is 2.41. The minimum absolute atomic E-state index is 0.671. The van der Waals surface area contributed by atoms with Crippen molar-refractivity contribution in [1.82, 2.24) is 14.5 Å². The summed E-state index contributed by atoms with van der Waals surface area (Å²) in [5.41, 5.74) is 7.53. The Labute approximate surface area is 88.8 Å². The summed E-state index contributed by atoms with van der Waals surface area (Å²) in [4.78, 5) is 8.68. The van der Waals surface area contributed by atoms with E-state index in [1.165, 1.54) is 0 Å². The Morgan fingerprint density at radius 3 is 2.93 bits per heavy atom. The minimum atomic E-state index is 0.671. The number of nitrogen functional groups attached to an aromatic ring is 1. The van der Waals surface area contributed by atoms with Crippen molar-refractivity contribution in [2.45, 2.75) is 20.3 Å². The normalized spacial score (nSPS) is 10.5. The molecular formula is C11H14N4. The van der Waals surface area contributed by atoms with Crippen molar-refractivity contribution < 1.29 is 0 Å². The number of pyridine rings is 1. The van der Waals surface area contributed by atoms with E-state index in [0.717, 1.165) is 23.8 Å². The van der Waals surface area contributed by atoms with Gasteiger partial charge < -0.3 is 5.73 Å². The number of imidazole rings is 1. The second kappa shape index (κ2) is 3.73. The van der Waals surface area contributed by atoms with Gasteiger partial charge in [0.2, 0.25) is 0 Å². The number of aromatic nitrogens is 3. The highest BCUT2D eigenvalue weighted by Crippen LogP contribution is 2.16. The Balaban J connectivity index is 2.58. The van der Waals surface area contributed by atoms with Gasteiger partial charge in [0.05, 0.1) is 11.4 Å². The summed E-state index contributed by atoms with van der Waals surface area (Å²) in [7, 11) is 0. The zero-order chi connectivity index (χ0) is 10.8. The molecule has 0 saturated carbocycles. The van der Waals surface area contributed by atoms with Gasteiger partial charge in [-0.25, -0.2) is 9.97 Å². The molecule has 4 nitrogen and oxygen atoms in total. The van der Waals surface area contributed by atoms with E-state index in [4.69, 9.17) is 5.73 Å². The van der Waals surface area contributed by atoms with Gasteiger partial charge in [-0.1, -0.05) is 6.92 Å². The molecule has 0 aliphatic heterocycles. The van der Waals surface area contributed by atoms with Gasteiger partial charge in [0, 0.05) is 18.8 Å². The van der Waals surface area contributed by atoms with Gasteiger partial charge in [-0.2, -0.15) is 0 Å². The Morgan fingerprint density at radius 1 is 1.47 bits per heavy atom. The quantitative estimate of drug-likeness (QED) is 0.806. The van der Waals surface area contributed by atoms with Crippen molar-refractivity contribution in [3.63, 3.8) is 0 Å². The molecule has 0 atom stereocenters. The van der Waals surface area contributed by atoms with E-state index in [1.54, 1.807) is 6.20 Å². The zero-order valence-electron chi connectivity index (χ0n) is 8.94. The maximum Gasteiger partial charge on any atom is 0.161 e. The SMILES string of the molecule is CCc1nc(C)cn1-c1ncccc1N. The molecule has 15 heavy (non-hydrogen) atoms. The summed E-state index contributed by atoms with van der Waals surface area (Å²) < 4.78 is 1.95. The van der Waals surface area contributed by atoms with E-state index in [2.05, 4.69) is 16.9 Å². The second-order valence-corrected chi connectivity index (χ2v) is 3.44. The van der Waals surface area contributed by atoms with Crippen LogP contribution >= 0.6 is 0 Å². The van der Waals surface area contributed by atoms with E-state index in [9.17, 15) is 0 Å². The van der Waals surface area contributed by atoms with Crippen molar-refractivity contribution >= 4 is 5.69 Å². The lowest BCUT2D eigenvalue weighted by molar-refractivity contribution is 0.869. The summed E-state index contributed by atoms with van der Waals surface area (Å²) in [6.45, 7) is 4.03. The number of aryl methyl sites for hydroxylation is 2. The first-order valence-electron chi connectivity index (χ1n) is 4.98. The molecule has 2 aromatic rings. The first kappa shape index (κ1) is 9.71. The average molecular weight is 202 g/mol. The topological polar surface area (TPSA) is 56.7 Å². The average Bonchev–Trinajstić information content (AvgIpc) is 2.60. The predicted octanol–water partition coefficient (Wildman–Crippen LogP) is 1.72. The predicted molar refractivity (Wildman–Crippen MR) is 59.9 cm³/mol. The van der Waals surface area contributed by atoms with Gasteiger partial charge in [0.25, 0.3) is 0 Å². The molecule has 0 aliphatic carbocycles. The summed E-state index contributed by atoms with van der Waals surface area (Å²) in [5.74, 6) is 1.74. The Hall–Kier alpha value is -1.84. The lowest BCUT2D eigenvalue weighted by atomic mass is 10.3. The van der Waals surface area contributed by atoms with Crippen LogP contribution in [0.25, 0.3) is 5.82 Å². The fourth-order valence-electron chi connectivity index (χ4n) is 1.59. The van der Waals surface area contributed by atoms with Crippen LogP contribution in [0.4, 0.5) is 5.69 Å². The van der Waals surface area contributed by atoms with Crippen LogP contribution in [0.1, 0.15) is 18.4 Å². The molecule has 0 aliphatic rings. The van der Waals surface area contributed by atoms with E-state index in [-0.39, 0.29) is 0 Å². The van der Waals surface area contributed by atoms with Gasteiger partial charge >= 0.3 is 0 Å².